The number of carbonyl (C=O) groups is 1. The lowest BCUT2D eigenvalue weighted by Crippen LogP contribution is -2.15. The van der Waals surface area contributed by atoms with Crippen molar-refractivity contribution >= 4 is 58.2 Å². The van der Waals surface area contributed by atoms with Gasteiger partial charge in [-0.25, -0.2) is 0 Å². The number of anilines is 1. The second-order valence-electron chi connectivity index (χ2n) is 7.05. The van der Waals surface area contributed by atoms with Crippen molar-refractivity contribution in [2.24, 2.45) is 0 Å². The molecule has 4 rings (SSSR count). The summed E-state index contributed by atoms with van der Waals surface area (Å²) in [6.45, 7) is 2.81. The lowest BCUT2D eigenvalue weighted by molar-refractivity contribution is -0.113. The molecule has 30 heavy (non-hydrogen) atoms. The van der Waals surface area contributed by atoms with Crippen LogP contribution < -0.4 is 5.32 Å². The predicted molar refractivity (Wildman–Crippen MR) is 123 cm³/mol. The van der Waals surface area contributed by atoms with Crippen LogP contribution in [-0.2, 0) is 11.3 Å². The molecule has 0 saturated heterocycles. The molecule has 2 aromatic carbocycles. The molecule has 3 aromatic rings. The first-order chi connectivity index (χ1) is 14.5. The van der Waals surface area contributed by atoms with Gasteiger partial charge in [0, 0.05) is 22.5 Å². The van der Waals surface area contributed by atoms with Crippen LogP contribution >= 0.6 is 46.6 Å². The Bertz CT molecular complexity index is 1070. The van der Waals surface area contributed by atoms with Crippen molar-refractivity contribution in [3.63, 3.8) is 0 Å². The highest BCUT2D eigenvalue weighted by molar-refractivity contribution is 7.99. The quantitative estimate of drug-likeness (QED) is 0.405. The second kappa shape index (κ2) is 9.18. The smallest absolute Gasteiger partial charge is 0.234 e. The van der Waals surface area contributed by atoms with Gasteiger partial charge in [-0.2, -0.15) is 0 Å². The first kappa shape index (κ1) is 21.5. The fourth-order valence-electron chi connectivity index (χ4n) is 3.44. The molecule has 0 radical (unpaired) electrons. The maximum absolute atomic E-state index is 12.3. The lowest BCUT2D eigenvalue weighted by Gasteiger charge is -2.09. The molecule has 1 N–H and O–H groups in total. The predicted octanol–water partition coefficient (Wildman–Crippen LogP) is 6.26. The van der Waals surface area contributed by atoms with E-state index in [9.17, 15) is 4.79 Å². The number of hydrogen-bond donors (Lipinski definition) is 1. The number of rotatable bonds is 7. The molecule has 1 saturated carbocycles. The maximum atomic E-state index is 12.3. The summed E-state index contributed by atoms with van der Waals surface area (Å²) in [5.41, 5.74) is 1.80. The number of carbonyl (C=O) groups excluding carboxylic acids is 1. The Morgan fingerprint density at radius 3 is 2.53 bits per heavy atom. The van der Waals surface area contributed by atoms with Gasteiger partial charge in [-0.1, -0.05) is 58.7 Å². The van der Waals surface area contributed by atoms with Crippen LogP contribution in [0.1, 0.15) is 36.6 Å². The van der Waals surface area contributed by atoms with Crippen molar-refractivity contribution in [1.82, 2.24) is 14.8 Å². The highest BCUT2D eigenvalue weighted by Crippen LogP contribution is 2.54. The fourth-order valence-corrected chi connectivity index (χ4v) is 4.84. The van der Waals surface area contributed by atoms with Crippen LogP contribution in [-0.4, -0.2) is 26.4 Å². The molecule has 0 spiro atoms. The minimum absolute atomic E-state index is 0.165. The summed E-state index contributed by atoms with van der Waals surface area (Å²) >= 11 is 19.4. The van der Waals surface area contributed by atoms with Crippen molar-refractivity contribution in [2.45, 2.75) is 36.9 Å². The Hall–Kier alpha value is -1.73. The van der Waals surface area contributed by atoms with Gasteiger partial charge >= 0.3 is 0 Å². The number of hydrogen-bond acceptors (Lipinski definition) is 4. The Balaban J connectivity index is 1.39. The number of thioether (sulfide) groups is 1. The molecular formula is C21H19Cl3N4OS. The molecule has 1 aliphatic carbocycles. The van der Waals surface area contributed by atoms with Gasteiger partial charge in [0.2, 0.25) is 5.91 Å². The van der Waals surface area contributed by atoms with Crippen LogP contribution in [0.5, 0.6) is 0 Å². The van der Waals surface area contributed by atoms with Crippen molar-refractivity contribution in [3.05, 3.63) is 68.9 Å². The Kier molecular flexibility index (Phi) is 6.58. The summed E-state index contributed by atoms with van der Waals surface area (Å²) in [7, 11) is 0. The number of halogens is 3. The third kappa shape index (κ3) is 4.78. The molecule has 0 aliphatic heterocycles. The van der Waals surface area contributed by atoms with E-state index >= 15 is 0 Å². The minimum Gasteiger partial charge on any atom is -0.324 e. The lowest BCUT2D eigenvalue weighted by atomic mass is 10.1. The van der Waals surface area contributed by atoms with Crippen LogP contribution in [0, 0.1) is 0 Å². The van der Waals surface area contributed by atoms with E-state index in [2.05, 4.69) is 39.1 Å². The minimum atomic E-state index is -0.165. The zero-order valence-corrected chi connectivity index (χ0v) is 19.2. The van der Waals surface area contributed by atoms with E-state index in [1.807, 2.05) is 12.1 Å². The second-order valence-corrected chi connectivity index (χ2v) is 9.27. The number of nitrogens with one attached hydrogen (secondary N) is 1. The monoisotopic (exact) mass is 480 g/mol. The molecule has 1 aliphatic rings. The van der Waals surface area contributed by atoms with Crippen molar-refractivity contribution in [2.75, 3.05) is 11.1 Å². The summed E-state index contributed by atoms with van der Waals surface area (Å²) in [5, 5.41) is 14.0. The van der Waals surface area contributed by atoms with Gasteiger partial charge in [-0.3, -0.25) is 4.79 Å². The normalized spacial score (nSPS) is 17.7. The molecule has 1 fully saturated rings. The van der Waals surface area contributed by atoms with Gasteiger partial charge in [-0.15, -0.1) is 10.2 Å². The molecule has 2 atom stereocenters. The molecule has 1 aromatic heterocycles. The summed E-state index contributed by atoms with van der Waals surface area (Å²) in [4.78, 5) is 12.3. The largest absolute Gasteiger partial charge is 0.324 e. The van der Waals surface area contributed by atoms with Gasteiger partial charge < -0.3 is 9.88 Å². The van der Waals surface area contributed by atoms with E-state index in [1.54, 1.807) is 18.2 Å². The van der Waals surface area contributed by atoms with E-state index in [0.717, 1.165) is 29.0 Å². The van der Waals surface area contributed by atoms with Crippen molar-refractivity contribution in [3.8, 4) is 0 Å². The molecule has 156 valence electrons. The Morgan fingerprint density at radius 2 is 1.83 bits per heavy atom. The summed E-state index contributed by atoms with van der Waals surface area (Å²) < 4.78 is 2.09. The van der Waals surface area contributed by atoms with Gasteiger partial charge in [0.25, 0.3) is 0 Å². The standard InChI is InChI=1S/C21H19Cl3N4OS/c1-2-28-20(16-10-15(16)12-3-5-13(22)6-4-12)26-27-21(28)30-11-19(29)25-18-8-7-14(23)9-17(18)24/h3-9,15-16H,2,10-11H2,1H3,(H,25,29)/t15-,16+/m0/s1. The molecule has 1 heterocycles. The van der Waals surface area contributed by atoms with E-state index in [4.69, 9.17) is 34.8 Å². The first-order valence-electron chi connectivity index (χ1n) is 9.52. The molecule has 5 nitrogen and oxygen atoms in total. The third-order valence-corrected chi connectivity index (χ3v) is 6.79. The number of nitrogens with zero attached hydrogens (tertiary/aromatic N) is 3. The number of benzene rings is 2. The van der Waals surface area contributed by atoms with Gasteiger partial charge in [0.1, 0.15) is 5.82 Å². The molecule has 9 heteroatoms. The van der Waals surface area contributed by atoms with Crippen LogP contribution in [0.15, 0.2) is 47.6 Å². The summed E-state index contributed by atoms with van der Waals surface area (Å²) in [6, 6.07) is 12.9. The average Bonchev–Trinajstić information content (AvgIpc) is 3.41. The van der Waals surface area contributed by atoms with Crippen LogP contribution in [0.4, 0.5) is 5.69 Å². The third-order valence-electron chi connectivity index (χ3n) is 5.02. The SMILES string of the molecule is CCn1c(SCC(=O)Nc2ccc(Cl)cc2Cl)nnc1[C@@H]1C[C@H]1c1ccc(Cl)cc1. The first-order valence-corrected chi connectivity index (χ1v) is 11.6. The average molecular weight is 482 g/mol. The molecule has 0 bridgehead atoms. The molecule has 0 unspecified atom stereocenters. The van der Waals surface area contributed by atoms with Gasteiger partial charge in [-0.05, 0) is 55.2 Å². The van der Waals surface area contributed by atoms with Crippen molar-refractivity contribution in [1.29, 1.82) is 0 Å². The highest BCUT2D eigenvalue weighted by atomic mass is 35.5. The maximum Gasteiger partial charge on any atom is 0.234 e. The summed E-state index contributed by atoms with van der Waals surface area (Å²) in [5.74, 6) is 1.80. The van der Waals surface area contributed by atoms with Crippen LogP contribution in [0.3, 0.4) is 0 Å². The number of aromatic nitrogens is 3. The van der Waals surface area contributed by atoms with Crippen LogP contribution in [0.2, 0.25) is 15.1 Å². The Morgan fingerprint density at radius 1 is 1.10 bits per heavy atom. The topological polar surface area (TPSA) is 59.8 Å². The van der Waals surface area contributed by atoms with Gasteiger partial charge in [0.15, 0.2) is 5.16 Å². The van der Waals surface area contributed by atoms with E-state index in [1.165, 1.54) is 17.3 Å². The van der Waals surface area contributed by atoms with E-state index in [-0.39, 0.29) is 11.7 Å². The molecule has 1 amide bonds. The van der Waals surface area contributed by atoms with Gasteiger partial charge in [0.05, 0.1) is 16.5 Å². The van der Waals surface area contributed by atoms with E-state index < -0.39 is 0 Å². The van der Waals surface area contributed by atoms with Crippen molar-refractivity contribution < 1.29 is 4.79 Å². The number of amides is 1. The fraction of sp³-hybridized carbons (Fsp3) is 0.286. The van der Waals surface area contributed by atoms with E-state index in [0.29, 0.717) is 27.6 Å². The molecular weight excluding hydrogens is 463 g/mol. The summed E-state index contributed by atoms with van der Waals surface area (Å²) in [6.07, 6.45) is 1.04. The zero-order chi connectivity index (χ0) is 21.3. The van der Waals surface area contributed by atoms with Crippen LogP contribution in [0.25, 0.3) is 0 Å². The zero-order valence-electron chi connectivity index (χ0n) is 16.1. The highest BCUT2D eigenvalue weighted by Gasteiger charge is 2.43. The Labute approximate surface area is 194 Å².